The van der Waals surface area contributed by atoms with Crippen molar-refractivity contribution in [3.8, 4) is 5.69 Å². The Morgan fingerprint density at radius 1 is 0.923 bits per heavy atom. The van der Waals surface area contributed by atoms with Gasteiger partial charge in [0.05, 0.1) is 36.1 Å². The summed E-state index contributed by atoms with van der Waals surface area (Å²) in [5.74, 6) is 1.03. The van der Waals surface area contributed by atoms with E-state index < -0.39 is 6.04 Å². The molecule has 2 N–H and O–H groups in total. The Balaban J connectivity index is 1.52. The molecule has 9 nitrogen and oxygen atoms in total. The zero-order valence-electron chi connectivity index (χ0n) is 21.6. The van der Waals surface area contributed by atoms with Gasteiger partial charge in [0.25, 0.3) is 5.56 Å². The molecule has 0 aliphatic carbocycles. The minimum Gasteiger partial charge on any atom is -0.374 e. The quantitative estimate of drug-likeness (QED) is 0.291. The summed E-state index contributed by atoms with van der Waals surface area (Å²) in [6.07, 6.45) is 3.04. The lowest BCUT2D eigenvalue weighted by Crippen LogP contribution is -2.31. The number of nitrogens with zero attached hydrogens (tertiary/aromatic N) is 5. The number of anilines is 1. The molecule has 0 saturated heterocycles. The van der Waals surface area contributed by atoms with Gasteiger partial charge in [-0.05, 0) is 42.7 Å². The minimum atomic E-state index is -0.541. The maximum Gasteiger partial charge on any atom is 0.266 e. The topological polar surface area (TPSA) is 111 Å². The highest BCUT2D eigenvalue weighted by molar-refractivity contribution is 5.83. The number of benzene rings is 3. The van der Waals surface area contributed by atoms with Gasteiger partial charge in [0, 0.05) is 0 Å². The van der Waals surface area contributed by atoms with Crippen LogP contribution in [0.25, 0.3) is 27.8 Å². The Hall–Kier alpha value is -4.89. The molecule has 3 aromatic carbocycles. The SMILES string of the molecule is Cc1ccccc1-n1c(C(COCc2ccccc2)Nc2ncnc3[nH]cnc23)nc2cccc(C)c2c1=O. The van der Waals surface area contributed by atoms with Gasteiger partial charge in [0.15, 0.2) is 11.5 Å². The number of rotatable bonds is 8. The molecule has 6 rings (SSSR count). The third-order valence-electron chi connectivity index (χ3n) is 6.72. The monoisotopic (exact) mass is 517 g/mol. The molecule has 0 amide bonds. The number of H-pyrrole nitrogens is 1. The van der Waals surface area contributed by atoms with Gasteiger partial charge in [0.1, 0.15) is 23.7 Å². The van der Waals surface area contributed by atoms with Crippen molar-refractivity contribution in [3.63, 3.8) is 0 Å². The first-order chi connectivity index (χ1) is 19.1. The normalized spacial score (nSPS) is 12.2. The third kappa shape index (κ3) is 4.75. The van der Waals surface area contributed by atoms with Crippen LogP contribution in [0.3, 0.4) is 0 Å². The molecule has 0 fully saturated rings. The van der Waals surface area contributed by atoms with Gasteiger partial charge in [-0.2, -0.15) is 0 Å². The van der Waals surface area contributed by atoms with E-state index in [-0.39, 0.29) is 12.2 Å². The summed E-state index contributed by atoms with van der Waals surface area (Å²) in [7, 11) is 0. The average molecular weight is 518 g/mol. The number of nitrogens with one attached hydrogen (secondary N) is 2. The molecule has 0 saturated carbocycles. The number of para-hydroxylation sites is 1. The molecular formula is C30H27N7O2. The first-order valence-corrected chi connectivity index (χ1v) is 12.7. The molecule has 3 heterocycles. The molecule has 0 radical (unpaired) electrons. The van der Waals surface area contributed by atoms with Crippen LogP contribution in [0.1, 0.15) is 28.6 Å². The van der Waals surface area contributed by atoms with Gasteiger partial charge in [-0.3, -0.25) is 9.36 Å². The van der Waals surface area contributed by atoms with E-state index in [9.17, 15) is 4.79 Å². The Morgan fingerprint density at radius 2 is 1.72 bits per heavy atom. The fraction of sp³-hybridized carbons (Fsp3) is 0.167. The van der Waals surface area contributed by atoms with Crippen LogP contribution < -0.4 is 10.9 Å². The number of hydrogen-bond acceptors (Lipinski definition) is 7. The molecule has 1 atom stereocenters. The maximum absolute atomic E-state index is 14.2. The Kier molecular flexibility index (Phi) is 6.56. The minimum absolute atomic E-state index is 0.134. The van der Waals surface area contributed by atoms with Crippen LogP contribution in [-0.4, -0.2) is 36.1 Å². The van der Waals surface area contributed by atoms with Crippen molar-refractivity contribution < 1.29 is 4.74 Å². The third-order valence-corrected chi connectivity index (χ3v) is 6.72. The van der Waals surface area contributed by atoms with Crippen molar-refractivity contribution in [1.82, 2.24) is 29.5 Å². The highest BCUT2D eigenvalue weighted by atomic mass is 16.5. The highest BCUT2D eigenvalue weighted by Crippen LogP contribution is 2.26. The van der Waals surface area contributed by atoms with E-state index in [0.29, 0.717) is 40.3 Å². The fourth-order valence-corrected chi connectivity index (χ4v) is 4.78. The van der Waals surface area contributed by atoms with E-state index in [2.05, 4.69) is 25.3 Å². The smallest absolute Gasteiger partial charge is 0.266 e. The number of fused-ring (bicyclic) bond motifs is 2. The molecule has 1 unspecified atom stereocenters. The van der Waals surface area contributed by atoms with Gasteiger partial charge in [0.2, 0.25) is 0 Å². The molecule has 0 spiro atoms. The zero-order valence-corrected chi connectivity index (χ0v) is 21.6. The number of aryl methyl sites for hydroxylation is 2. The van der Waals surface area contributed by atoms with Gasteiger partial charge in [-0.25, -0.2) is 19.9 Å². The van der Waals surface area contributed by atoms with Crippen LogP contribution in [0.4, 0.5) is 5.82 Å². The van der Waals surface area contributed by atoms with Gasteiger partial charge in [-0.1, -0.05) is 60.7 Å². The lowest BCUT2D eigenvalue weighted by atomic mass is 10.1. The Labute approximate surface area is 224 Å². The van der Waals surface area contributed by atoms with Crippen LogP contribution >= 0.6 is 0 Å². The van der Waals surface area contributed by atoms with Crippen LogP contribution in [0.5, 0.6) is 0 Å². The van der Waals surface area contributed by atoms with Crippen LogP contribution in [0.2, 0.25) is 0 Å². The molecule has 39 heavy (non-hydrogen) atoms. The summed E-state index contributed by atoms with van der Waals surface area (Å²) in [5, 5.41) is 4.05. The summed E-state index contributed by atoms with van der Waals surface area (Å²) in [5.41, 5.74) is 5.33. The number of hydrogen-bond donors (Lipinski definition) is 2. The molecular weight excluding hydrogens is 490 g/mol. The second-order valence-electron chi connectivity index (χ2n) is 9.39. The zero-order chi connectivity index (χ0) is 26.8. The maximum atomic E-state index is 14.2. The van der Waals surface area contributed by atoms with Crippen LogP contribution in [0.15, 0.2) is 90.2 Å². The Bertz CT molecular complexity index is 1830. The van der Waals surface area contributed by atoms with E-state index in [1.807, 2.05) is 86.6 Å². The second-order valence-corrected chi connectivity index (χ2v) is 9.39. The predicted octanol–water partition coefficient (Wildman–Crippen LogP) is 5.04. The average Bonchev–Trinajstić information content (AvgIpc) is 3.44. The predicted molar refractivity (Wildman–Crippen MR) is 151 cm³/mol. The highest BCUT2D eigenvalue weighted by Gasteiger charge is 2.24. The lowest BCUT2D eigenvalue weighted by Gasteiger charge is -2.24. The summed E-state index contributed by atoms with van der Waals surface area (Å²) >= 11 is 0. The molecule has 6 aromatic rings. The Morgan fingerprint density at radius 3 is 2.56 bits per heavy atom. The van der Waals surface area contributed by atoms with Crippen molar-refractivity contribution in [2.24, 2.45) is 0 Å². The standard InChI is InChI=1S/C30H27N7O2/c1-19-9-6-7-14-24(19)37-29(36-22-13-8-10-20(2)25(22)30(37)38)23(16-39-15-21-11-4-3-5-12-21)35-28-26-27(32-17-31-26)33-18-34-28/h3-14,17-18,23H,15-16H2,1-2H3,(H2,31,32,33,34,35). The number of aromatic nitrogens is 6. The largest absolute Gasteiger partial charge is 0.374 e. The van der Waals surface area contributed by atoms with Crippen molar-refractivity contribution in [2.45, 2.75) is 26.5 Å². The van der Waals surface area contributed by atoms with E-state index in [4.69, 9.17) is 9.72 Å². The van der Waals surface area contributed by atoms with Crippen LogP contribution in [0, 0.1) is 13.8 Å². The van der Waals surface area contributed by atoms with Crippen molar-refractivity contribution in [2.75, 3.05) is 11.9 Å². The summed E-state index contributed by atoms with van der Waals surface area (Å²) in [4.78, 5) is 35.3. The van der Waals surface area contributed by atoms with Gasteiger partial charge < -0.3 is 15.0 Å². The molecule has 0 aliphatic heterocycles. The van der Waals surface area contributed by atoms with E-state index >= 15 is 0 Å². The summed E-state index contributed by atoms with van der Waals surface area (Å²) in [6.45, 7) is 4.54. The molecule has 3 aromatic heterocycles. The van der Waals surface area contributed by atoms with Crippen molar-refractivity contribution in [3.05, 3.63) is 118 Å². The molecule has 194 valence electrons. The fourth-order valence-electron chi connectivity index (χ4n) is 4.78. The number of aromatic amines is 1. The summed E-state index contributed by atoms with van der Waals surface area (Å²) in [6, 6.07) is 22.9. The van der Waals surface area contributed by atoms with Gasteiger partial charge >= 0.3 is 0 Å². The second kappa shape index (κ2) is 10.5. The number of ether oxygens (including phenoxy) is 1. The molecule has 9 heteroatoms. The molecule has 0 aliphatic rings. The molecule has 0 bridgehead atoms. The van der Waals surface area contributed by atoms with Crippen molar-refractivity contribution >= 4 is 27.9 Å². The van der Waals surface area contributed by atoms with E-state index in [0.717, 1.165) is 22.4 Å². The van der Waals surface area contributed by atoms with Gasteiger partial charge in [-0.15, -0.1) is 0 Å². The van der Waals surface area contributed by atoms with E-state index in [1.54, 1.807) is 10.9 Å². The van der Waals surface area contributed by atoms with E-state index in [1.165, 1.54) is 6.33 Å². The number of imidazole rings is 1. The summed E-state index contributed by atoms with van der Waals surface area (Å²) < 4.78 is 7.90. The lowest BCUT2D eigenvalue weighted by molar-refractivity contribution is 0.110. The first kappa shape index (κ1) is 24.4. The van der Waals surface area contributed by atoms with Crippen molar-refractivity contribution in [1.29, 1.82) is 0 Å². The van der Waals surface area contributed by atoms with Crippen LogP contribution in [-0.2, 0) is 11.3 Å². The first-order valence-electron chi connectivity index (χ1n) is 12.7.